The van der Waals surface area contributed by atoms with E-state index >= 15 is 0 Å². The first-order valence-corrected chi connectivity index (χ1v) is 7.18. The molecular weight excluding hydrogens is 256 g/mol. The van der Waals surface area contributed by atoms with Gasteiger partial charge in [-0.15, -0.1) is 22.9 Å². The van der Waals surface area contributed by atoms with Gasteiger partial charge in [-0.05, 0) is 19.8 Å². The van der Waals surface area contributed by atoms with Crippen molar-refractivity contribution in [3.05, 3.63) is 11.1 Å². The quantitative estimate of drug-likeness (QED) is 0.589. The highest BCUT2D eigenvalue weighted by molar-refractivity contribution is 7.14. The molecule has 3 nitrogen and oxygen atoms in total. The van der Waals surface area contributed by atoms with Crippen molar-refractivity contribution in [3.63, 3.8) is 0 Å². The predicted molar refractivity (Wildman–Crippen MR) is 74.5 cm³/mol. The van der Waals surface area contributed by atoms with Gasteiger partial charge in [0.2, 0.25) is 0 Å². The summed E-state index contributed by atoms with van der Waals surface area (Å²) in [5.41, 5.74) is 0.481. The maximum absolute atomic E-state index is 11.4. The molecule has 0 aromatic carbocycles. The molecule has 96 valence electrons. The molecule has 5 heteroatoms. The lowest BCUT2D eigenvalue weighted by Crippen LogP contribution is -2.34. The van der Waals surface area contributed by atoms with Crippen LogP contribution in [0.3, 0.4) is 0 Å². The van der Waals surface area contributed by atoms with Crippen molar-refractivity contribution in [2.45, 2.75) is 33.7 Å². The second-order valence-corrected chi connectivity index (χ2v) is 5.82. The van der Waals surface area contributed by atoms with Crippen LogP contribution in [0.25, 0.3) is 0 Å². The van der Waals surface area contributed by atoms with E-state index < -0.39 is 0 Å². The molecule has 0 unspecified atom stereocenters. The van der Waals surface area contributed by atoms with E-state index in [1.807, 2.05) is 0 Å². The molecule has 0 saturated heterocycles. The van der Waals surface area contributed by atoms with Crippen molar-refractivity contribution in [1.82, 2.24) is 4.98 Å². The number of anilines is 1. The molecule has 0 aliphatic rings. The van der Waals surface area contributed by atoms with E-state index in [1.165, 1.54) is 11.3 Å². The zero-order valence-electron chi connectivity index (χ0n) is 10.7. The number of hydrogen-bond acceptors (Lipinski definition) is 4. The van der Waals surface area contributed by atoms with Gasteiger partial charge in [-0.25, -0.2) is 4.98 Å². The predicted octanol–water partition coefficient (Wildman–Crippen LogP) is 3.44. The van der Waals surface area contributed by atoms with Gasteiger partial charge >= 0.3 is 0 Å². The van der Waals surface area contributed by atoms with Gasteiger partial charge in [-0.2, -0.15) is 0 Å². The third-order valence-electron chi connectivity index (χ3n) is 2.33. The maximum atomic E-state index is 11.4. The Balaban J connectivity index is 2.88. The number of nitrogens with zero attached hydrogens (tertiary/aromatic N) is 2. The topological polar surface area (TPSA) is 33.2 Å². The molecule has 0 atom stereocenters. The van der Waals surface area contributed by atoms with Gasteiger partial charge in [0, 0.05) is 18.0 Å². The summed E-state index contributed by atoms with van der Waals surface area (Å²) in [6.07, 6.45) is 0. The van der Waals surface area contributed by atoms with Gasteiger partial charge < -0.3 is 4.90 Å². The van der Waals surface area contributed by atoms with Crippen molar-refractivity contribution >= 4 is 33.9 Å². The number of ketones is 1. The summed E-state index contributed by atoms with van der Waals surface area (Å²) in [6.45, 7) is 9.56. The number of carbonyl (C=O) groups excluding carboxylic acids is 1. The number of thiazole rings is 1. The van der Waals surface area contributed by atoms with Gasteiger partial charge in [-0.3, -0.25) is 4.79 Å². The van der Waals surface area contributed by atoms with Crippen LogP contribution in [-0.2, 0) is 0 Å². The highest BCUT2D eigenvalue weighted by atomic mass is 35.5. The second kappa shape index (κ2) is 6.36. The molecule has 1 rings (SSSR count). The molecule has 0 spiro atoms. The Bertz CT molecular complexity index is 376. The van der Waals surface area contributed by atoms with Gasteiger partial charge in [0.25, 0.3) is 0 Å². The van der Waals surface area contributed by atoms with Gasteiger partial charge in [0.05, 0.1) is 5.88 Å². The van der Waals surface area contributed by atoms with Crippen molar-refractivity contribution < 1.29 is 4.79 Å². The molecule has 0 aliphatic carbocycles. The Kier molecular flexibility index (Phi) is 5.40. The summed E-state index contributed by atoms with van der Waals surface area (Å²) in [7, 11) is 0. The zero-order valence-corrected chi connectivity index (χ0v) is 12.3. The fourth-order valence-corrected chi connectivity index (χ4v) is 2.61. The second-order valence-electron chi connectivity index (χ2n) is 4.71. The molecular formula is C12H19ClN2OS. The number of Topliss-reactive ketones (excluding diaryl/α,β-unsaturated/α-hetero) is 1. The first-order valence-electron chi connectivity index (χ1n) is 5.77. The number of rotatable bonds is 6. The molecule has 0 bridgehead atoms. The average molecular weight is 275 g/mol. The SMILES string of the molecule is CC(C)CN(c1nc(C(=O)CCl)cs1)C(C)C. The van der Waals surface area contributed by atoms with Crippen LogP contribution in [-0.4, -0.2) is 29.2 Å². The third kappa shape index (κ3) is 3.96. The van der Waals surface area contributed by atoms with Gasteiger partial charge in [0.15, 0.2) is 10.9 Å². The van der Waals surface area contributed by atoms with E-state index in [4.69, 9.17) is 11.6 Å². The van der Waals surface area contributed by atoms with Crippen LogP contribution in [0.1, 0.15) is 38.2 Å². The number of halogens is 1. The summed E-state index contributed by atoms with van der Waals surface area (Å²) in [4.78, 5) is 18.0. The van der Waals surface area contributed by atoms with Crippen molar-refractivity contribution in [2.24, 2.45) is 5.92 Å². The maximum Gasteiger partial charge on any atom is 0.196 e. The summed E-state index contributed by atoms with van der Waals surface area (Å²) >= 11 is 7.03. The molecule has 0 amide bonds. The summed E-state index contributed by atoms with van der Waals surface area (Å²) in [5, 5.41) is 2.69. The first-order chi connectivity index (χ1) is 7.95. The van der Waals surface area contributed by atoms with E-state index in [1.54, 1.807) is 5.38 Å². The van der Waals surface area contributed by atoms with Crippen molar-refractivity contribution in [1.29, 1.82) is 0 Å². The number of alkyl halides is 1. The molecule has 0 fully saturated rings. The molecule has 17 heavy (non-hydrogen) atoms. The minimum Gasteiger partial charge on any atom is -0.345 e. The Hall–Kier alpha value is -0.610. The molecule has 0 radical (unpaired) electrons. The lowest BCUT2D eigenvalue weighted by atomic mass is 10.2. The van der Waals surface area contributed by atoms with Gasteiger partial charge in [-0.1, -0.05) is 13.8 Å². The van der Waals surface area contributed by atoms with Crippen LogP contribution in [0, 0.1) is 5.92 Å². The van der Waals surface area contributed by atoms with E-state index in [9.17, 15) is 4.79 Å². The highest BCUT2D eigenvalue weighted by Crippen LogP contribution is 2.24. The largest absolute Gasteiger partial charge is 0.345 e. The Morgan fingerprint density at radius 2 is 2.12 bits per heavy atom. The number of aromatic nitrogens is 1. The number of hydrogen-bond donors (Lipinski definition) is 0. The fraction of sp³-hybridized carbons (Fsp3) is 0.667. The van der Waals surface area contributed by atoms with Crippen LogP contribution in [0.15, 0.2) is 5.38 Å². The molecule has 0 aliphatic heterocycles. The van der Waals surface area contributed by atoms with E-state index in [2.05, 4.69) is 37.6 Å². The monoisotopic (exact) mass is 274 g/mol. The lowest BCUT2D eigenvalue weighted by molar-refractivity contribution is 0.101. The van der Waals surface area contributed by atoms with E-state index in [0.717, 1.165) is 11.7 Å². The van der Waals surface area contributed by atoms with E-state index in [0.29, 0.717) is 17.7 Å². The Morgan fingerprint density at radius 1 is 1.47 bits per heavy atom. The van der Waals surface area contributed by atoms with Crippen LogP contribution in [0.5, 0.6) is 0 Å². The Morgan fingerprint density at radius 3 is 2.59 bits per heavy atom. The van der Waals surface area contributed by atoms with Crippen LogP contribution in [0.2, 0.25) is 0 Å². The Labute approximate surface area is 112 Å². The average Bonchev–Trinajstić information content (AvgIpc) is 2.73. The number of carbonyl (C=O) groups is 1. The van der Waals surface area contributed by atoms with Crippen molar-refractivity contribution in [2.75, 3.05) is 17.3 Å². The molecule has 0 N–H and O–H groups in total. The minimum atomic E-state index is -0.109. The molecule has 1 aromatic rings. The lowest BCUT2D eigenvalue weighted by Gasteiger charge is -2.27. The van der Waals surface area contributed by atoms with Crippen LogP contribution >= 0.6 is 22.9 Å². The van der Waals surface area contributed by atoms with Crippen LogP contribution < -0.4 is 4.90 Å². The molecule has 1 heterocycles. The zero-order chi connectivity index (χ0) is 13.0. The highest BCUT2D eigenvalue weighted by Gasteiger charge is 2.17. The minimum absolute atomic E-state index is 0.00493. The van der Waals surface area contributed by atoms with Gasteiger partial charge in [0.1, 0.15) is 5.69 Å². The molecule has 1 aromatic heterocycles. The van der Waals surface area contributed by atoms with Crippen LogP contribution in [0.4, 0.5) is 5.13 Å². The van der Waals surface area contributed by atoms with Crippen molar-refractivity contribution in [3.8, 4) is 0 Å². The fourth-order valence-electron chi connectivity index (χ4n) is 1.50. The first kappa shape index (κ1) is 14.5. The summed E-state index contributed by atoms with van der Waals surface area (Å²) < 4.78 is 0. The molecule has 0 saturated carbocycles. The smallest absolute Gasteiger partial charge is 0.196 e. The summed E-state index contributed by atoms with van der Waals surface area (Å²) in [6, 6.07) is 0.377. The van der Waals surface area contributed by atoms with E-state index in [-0.39, 0.29) is 11.7 Å². The normalized spacial score (nSPS) is 11.2. The summed E-state index contributed by atoms with van der Waals surface area (Å²) in [5.74, 6) is 0.450. The standard InChI is InChI=1S/C12H19ClN2OS/c1-8(2)6-15(9(3)4)12-14-10(7-17-12)11(16)5-13/h7-9H,5-6H2,1-4H3. The third-order valence-corrected chi connectivity index (χ3v) is 3.45.